The molecule has 0 aliphatic heterocycles. The maximum Gasteiger partial charge on any atom is 0.294 e. The predicted octanol–water partition coefficient (Wildman–Crippen LogP) is 4.62. The number of aliphatic hydroxyl groups excluding tert-OH is 1. The van der Waals surface area contributed by atoms with Gasteiger partial charge in [0.1, 0.15) is 4.21 Å². The summed E-state index contributed by atoms with van der Waals surface area (Å²) in [4.78, 5) is 12.1. The lowest BCUT2D eigenvalue weighted by Gasteiger charge is -1.99. The number of nitro groups is 1. The summed E-state index contributed by atoms with van der Waals surface area (Å²) in [7, 11) is 0. The fourth-order valence-corrected chi connectivity index (χ4v) is 3.92. The number of benzene rings is 1. The normalized spacial score (nSPS) is 12.4. The molecule has 0 saturated carbocycles. The minimum atomic E-state index is -0.692. The Morgan fingerprint density at radius 3 is 2.58 bits per heavy atom. The van der Waals surface area contributed by atoms with Crippen LogP contribution in [0.15, 0.2) is 43.9 Å². The Labute approximate surface area is 126 Å². The lowest BCUT2D eigenvalue weighted by molar-refractivity contribution is -0.387. The van der Waals surface area contributed by atoms with Gasteiger partial charge in [0, 0.05) is 20.3 Å². The zero-order valence-electron chi connectivity index (χ0n) is 9.87. The van der Waals surface area contributed by atoms with E-state index >= 15 is 0 Å². The lowest BCUT2D eigenvalue weighted by Crippen LogP contribution is -1.87. The van der Waals surface area contributed by atoms with E-state index in [4.69, 9.17) is 0 Å². The number of hydrogen-bond donors (Lipinski definition) is 1. The van der Waals surface area contributed by atoms with E-state index in [0.717, 1.165) is 9.37 Å². The molecule has 2 aromatic rings. The van der Waals surface area contributed by atoms with Gasteiger partial charge < -0.3 is 5.11 Å². The summed E-state index contributed by atoms with van der Waals surface area (Å²) in [6.07, 6.45) is -0.692. The third-order valence-corrected chi connectivity index (χ3v) is 5.35. The van der Waals surface area contributed by atoms with Gasteiger partial charge in [0.25, 0.3) is 5.69 Å². The van der Waals surface area contributed by atoms with Crippen LogP contribution in [0.2, 0.25) is 0 Å². The van der Waals surface area contributed by atoms with E-state index in [9.17, 15) is 15.2 Å². The Kier molecular flexibility index (Phi) is 4.62. The Hall–Kier alpha value is -0.890. The van der Waals surface area contributed by atoms with Crippen LogP contribution < -0.4 is 0 Å². The second-order valence-electron chi connectivity index (χ2n) is 3.81. The summed E-state index contributed by atoms with van der Waals surface area (Å²) in [6, 6.07) is 8.99. The molecule has 0 aliphatic carbocycles. The number of halogens is 1. The van der Waals surface area contributed by atoms with Crippen LogP contribution in [0.4, 0.5) is 5.69 Å². The Balaban J connectivity index is 2.33. The van der Waals surface area contributed by atoms with Crippen molar-refractivity contribution in [1.29, 1.82) is 0 Å². The van der Waals surface area contributed by atoms with Crippen molar-refractivity contribution in [3.8, 4) is 0 Å². The molecule has 0 fully saturated rings. The molecule has 0 spiro atoms. The van der Waals surface area contributed by atoms with E-state index in [1.807, 2.05) is 24.3 Å². The summed E-state index contributed by atoms with van der Waals surface area (Å²) in [5.74, 6) is 0. The van der Waals surface area contributed by atoms with E-state index in [-0.39, 0.29) is 5.69 Å². The van der Waals surface area contributed by atoms with Crippen LogP contribution in [0.1, 0.15) is 17.9 Å². The zero-order chi connectivity index (χ0) is 14.0. The second-order valence-corrected chi connectivity index (χ2v) is 7.15. The van der Waals surface area contributed by atoms with Gasteiger partial charge in [-0.2, -0.15) is 0 Å². The van der Waals surface area contributed by atoms with E-state index in [2.05, 4.69) is 15.9 Å². The number of hydrogen-bond acceptors (Lipinski definition) is 5. The predicted molar refractivity (Wildman–Crippen MR) is 79.9 cm³/mol. The van der Waals surface area contributed by atoms with Crippen molar-refractivity contribution in [2.75, 3.05) is 0 Å². The topological polar surface area (TPSA) is 63.4 Å². The molecule has 1 aromatic carbocycles. The lowest BCUT2D eigenvalue weighted by atomic mass is 10.3. The maximum atomic E-state index is 11.0. The highest BCUT2D eigenvalue weighted by Gasteiger charge is 2.21. The van der Waals surface area contributed by atoms with Crippen molar-refractivity contribution in [3.05, 3.63) is 49.8 Å². The summed E-state index contributed by atoms with van der Waals surface area (Å²) >= 11 is 5.93. The summed E-state index contributed by atoms with van der Waals surface area (Å²) in [6.45, 7) is 1.60. The SMILES string of the molecule is C[C@@H](O)c1cc([N+](=O)[O-])c(Sc2ccc(Br)cc2)s1. The van der Waals surface area contributed by atoms with Crippen molar-refractivity contribution in [2.24, 2.45) is 0 Å². The Bertz CT molecular complexity index is 596. The molecule has 4 nitrogen and oxygen atoms in total. The molecular formula is C12H10BrNO3S2. The molecule has 0 saturated heterocycles. The molecule has 7 heteroatoms. The highest BCUT2D eigenvalue weighted by molar-refractivity contribution is 9.10. The van der Waals surface area contributed by atoms with Crippen LogP contribution in [-0.2, 0) is 0 Å². The van der Waals surface area contributed by atoms with Crippen LogP contribution in [-0.4, -0.2) is 10.0 Å². The molecule has 0 unspecified atom stereocenters. The first-order chi connectivity index (χ1) is 8.97. The van der Waals surface area contributed by atoms with Gasteiger partial charge in [-0.15, -0.1) is 11.3 Å². The van der Waals surface area contributed by atoms with Crippen LogP contribution in [0.25, 0.3) is 0 Å². The number of rotatable bonds is 4. The molecule has 1 N–H and O–H groups in total. The molecule has 1 aromatic heterocycles. The van der Waals surface area contributed by atoms with Crippen molar-refractivity contribution < 1.29 is 10.0 Å². The molecule has 1 atom stereocenters. The second kappa shape index (κ2) is 6.04. The number of nitrogens with zero attached hydrogens (tertiary/aromatic N) is 1. The monoisotopic (exact) mass is 359 g/mol. The first kappa shape index (κ1) is 14.5. The van der Waals surface area contributed by atoms with Crippen molar-refractivity contribution >= 4 is 44.7 Å². The third-order valence-electron chi connectivity index (χ3n) is 2.33. The highest BCUT2D eigenvalue weighted by Crippen LogP contribution is 2.43. The van der Waals surface area contributed by atoms with Crippen molar-refractivity contribution in [3.63, 3.8) is 0 Å². The van der Waals surface area contributed by atoms with Gasteiger partial charge in [-0.05, 0) is 31.2 Å². The van der Waals surface area contributed by atoms with Crippen LogP contribution >= 0.6 is 39.0 Å². The Morgan fingerprint density at radius 1 is 1.42 bits per heavy atom. The molecule has 2 rings (SSSR count). The van der Waals surface area contributed by atoms with Gasteiger partial charge in [-0.1, -0.05) is 27.7 Å². The van der Waals surface area contributed by atoms with Gasteiger partial charge in [-0.25, -0.2) is 0 Å². The average molecular weight is 360 g/mol. The van der Waals surface area contributed by atoms with E-state index < -0.39 is 11.0 Å². The van der Waals surface area contributed by atoms with Crippen molar-refractivity contribution in [2.45, 2.75) is 22.1 Å². The van der Waals surface area contributed by atoms with E-state index in [1.54, 1.807) is 6.92 Å². The molecule has 100 valence electrons. The molecule has 19 heavy (non-hydrogen) atoms. The molecule has 1 heterocycles. The first-order valence-electron chi connectivity index (χ1n) is 5.37. The minimum absolute atomic E-state index is 0.0498. The third kappa shape index (κ3) is 3.56. The van der Waals surface area contributed by atoms with Crippen LogP contribution in [0.5, 0.6) is 0 Å². The Morgan fingerprint density at radius 2 is 2.05 bits per heavy atom. The van der Waals surface area contributed by atoms with Gasteiger partial charge in [-0.3, -0.25) is 10.1 Å². The van der Waals surface area contributed by atoms with Gasteiger partial charge in [0.05, 0.1) is 11.0 Å². The zero-order valence-corrected chi connectivity index (χ0v) is 13.1. The molecule has 0 bridgehead atoms. The molecule has 0 amide bonds. The van der Waals surface area contributed by atoms with Crippen molar-refractivity contribution in [1.82, 2.24) is 0 Å². The maximum absolute atomic E-state index is 11.0. The average Bonchev–Trinajstić information content (AvgIpc) is 2.76. The molecule has 0 aliphatic rings. The minimum Gasteiger partial charge on any atom is -0.388 e. The largest absolute Gasteiger partial charge is 0.388 e. The van der Waals surface area contributed by atoms with Gasteiger partial charge >= 0.3 is 0 Å². The highest BCUT2D eigenvalue weighted by atomic mass is 79.9. The first-order valence-corrected chi connectivity index (χ1v) is 7.79. The molecular weight excluding hydrogens is 350 g/mol. The van der Waals surface area contributed by atoms with E-state index in [0.29, 0.717) is 9.09 Å². The van der Waals surface area contributed by atoms with Crippen LogP contribution in [0.3, 0.4) is 0 Å². The number of thiophene rings is 1. The molecule has 0 radical (unpaired) electrons. The summed E-state index contributed by atoms with van der Waals surface area (Å²) < 4.78 is 1.55. The smallest absolute Gasteiger partial charge is 0.294 e. The quantitative estimate of drug-likeness (QED) is 0.638. The van der Waals surface area contributed by atoms with Gasteiger partial charge in [0.2, 0.25) is 0 Å². The van der Waals surface area contributed by atoms with Crippen LogP contribution in [0, 0.1) is 10.1 Å². The fraction of sp³-hybridized carbons (Fsp3) is 0.167. The fourth-order valence-electron chi connectivity index (χ4n) is 1.40. The summed E-state index contributed by atoms with van der Waals surface area (Å²) in [5.41, 5.74) is 0.0498. The summed E-state index contributed by atoms with van der Waals surface area (Å²) in [5, 5.41) is 20.5. The number of aliphatic hydroxyl groups is 1. The van der Waals surface area contributed by atoms with E-state index in [1.165, 1.54) is 29.2 Å². The standard InChI is InChI=1S/C12H10BrNO3S2/c1-7(15)11-6-10(14(16)17)12(19-11)18-9-4-2-8(13)3-5-9/h2-7,15H,1H3/t7-/m1/s1. The van der Waals surface area contributed by atoms with Gasteiger partial charge in [0.15, 0.2) is 0 Å².